The summed E-state index contributed by atoms with van der Waals surface area (Å²) in [5.41, 5.74) is 1.20. The van der Waals surface area contributed by atoms with Crippen LogP contribution in [0.2, 0.25) is 5.02 Å². The van der Waals surface area contributed by atoms with Gasteiger partial charge in [0.25, 0.3) is 5.91 Å². The third-order valence-corrected chi connectivity index (χ3v) is 4.48. The van der Waals surface area contributed by atoms with Gasteiger partial charge in [-0.3, -0.25) is 4.79 Å². The molecule has 0 saturated heterocycles. The van der Waals surface area contributed by atoms with Crippen molar-refractivity contribution < 1.29 is 14.3 Å². The molecule has 0 heterocycles. The van der Waals surface area contributed by atoms with Crippen molar-refractivity contribution in [1.82, 2.24) is 5.32 Å². The lowest BCUT2D eigenvalue weighted by atomic mass is 10.0. The van der Waals surface area contributed by atoms with E-state index in [0.29, 0.717) is 10.6 Å². The number of carbonyl (C=O) groups is 2. The second-order valence-corrected chi connectivity index (χ2v) is 7.23. The molecule has 2 aromatic carbocycles. The van der Waals surface area contributed by atoms with Crippen LogP contribution in [0.15, 0.2) is 53.0 Å². The van der Waals surface area contributed by atoms with Crippen molar-refractivity contribution in [3.05, 3.63) is 69.2 Å². The molecule has 0 aliphatic heterocycles. The molecule has 6 heteroatoms. The summed E-state index contributed by atoms with van der Waals surface area (Å²) in [5.74, 6) is -0.993. The molecule has 25 heavy (non-hydrogen) atoms. The molecule has 132 valence electrons. The molecular weight excluding hydrogens is 406 g/mol. The van der Waals surface area contributed by atoms with Gasteiger partial charge in [0.05, 0.1) is 10.6 Å². The number of nitrogens with one attached hydrogen (secondary N) is 1. The summed E-state index contributed by atoms with van der Waals surface area (Å²) < 4.78 is 6.31. The summed E-state index contributed by atoms with van der Waals surface area (Å²) in [7, 11) is 0. The average Bonchev–Trinajstić information content (AvgIpc) is 2.58. The molecule has 0 aliphatic carbocycles. The van der Waals surface area contributed by atoms with Gasteiger partial charge in [-0.25, -0.2) is 4.79 Å². The van der Waals surface area contributed by atoms with Crippen LogP contribution in [0.25, 0.3) is 0 Å². The molecule has 0 aromatic heterocycles. The third kappa shape index (κ3) is 5.58. The number of rotatable bonds is 6. The second kappa shape index (κ2) is 9.02. The Kier molecular flexibility index (Phi) is 7.02. The Morgan fingerprint density at radius 2 is 1.76 bits per heavy atom. The molecule has 0 bridgehead atoms. The highest BCUT2D eigenvalue weighted by molar-refractivity contribution is 9.10. The van der Waals surface area contributed by atoms with Crippen molar-refractivity contribution in [2.75, 3.05) is 0 Å². The van der Waals surface area contributed by atoms with E-state index in [-0.39, 0.29) is 12.5 Å². The van der Waals surface area contributed by atoms with Crippen LogP contribution in [0.5, 0.6) is 0 Å². The van der Waals surface area contributed by atoms with Crippen molar-refractivity contribution >= 4 is 39.4 Å². The Bertz CT molecular complexity index is 747. The maximum atomic E-state index is 12.4. The van der Waals surface area contributed by atoms with E-state index in [1.165, 1.54) is 0 Å². The number of benzene rings is 2. The Hall–Kier alpha value is -1.85. The van der Waals surface area contributed by atoms with E-state index < -0.39 is 17.9 Å². The number of esters is 1. The zero-order valence-corrected chi connectivity index (χ0v) is 16.3. The van der Waals surface area contributed by atoms with Crippen LogP contribution in [0.3, 0.4) is 0 Å². The molecule has 0 spiro atoms. The second-order valence-electron chi connectivity index (χ2n) is 5.91. The summed E-state index contributed by atoms with van der Waals surface area (Å²) in [5, 5.41) is 3.05. The topological polar surface area (TPSA) is 55.4 Å². The minimum atomic E-state index is -0.751. The van der Waals surface area contributed by atoms with Crippen molar-refractivity contribution in [2.45, 2.75) is 26.5 Å². The quantitative estimate of drug-likeness (QED) is 0.690. The monoisotopic (exact) mass is 423 g/mol. The van der Waals surface area contributed by atoms with Gasteiger partial charge >= 0.3 is 5.97 Å². The van der Waals surface area contributed by atoms with E-state index in [0.717, 1.165) is 10.0 Å². The van der Waals surface area contributed by atoms with Crippen LogP contribution in [-0.2, 0) is 16.1 Å². The lowest BCUT2D eigenvalue weighted by molar-refractivity contribution is -0.148. The SMILES string of the molecule is CC(C)C(NC(=O)c1ccccc1Cl)C(=O)OCc1ccc(Br)cc1. The van der Waals surface area contributed by atoms with E-state index in [2.05, 4.69) is 21.2 Å². The van der Waals surface area contributed by atoms with Crippen LogP contribution >= 0.6 is 27.5 Å². The predicted octanol–water partition coefficient (Wildman–Crippen LogP) is 4.60. The third-order valence-electron chi connectivity index (χ3n) is 3.62. The highest BCUT2D eigenvalue weighted by atomic mass is 79.9. The van der Waals surface area contributed by atoms with Crippen LogP contribution in [0.4, 0.5) is 0 Å². The Balaban J connectivity index is 2.01. The lowest BCUT2D eigenvalue weighted by Crippen LogP contribution is -2.45. The smallest absolute Gasteiger partial charge is 0.329 e. The normalized spacial score (nSPS) is 11.9. The number of carbonyl (C=O) groups excluding carboxylic acids is 2. The van der Waals surface area contributed by atoms with Gasteiger partial charge in [-0.15, -0.1) is 0 Å². The van der Waals surface area contributed by atoms with Gasteiger partial charge in [-0.1, -0.05) is 65.6 Å². The Labute approximate surface area is 160 Å². The fraction of sp³-hybridized carbons (Fsp3) is 0.263. The highest BCUT2D eigenvalue weighted by Crippen LogP contribution is 2.16. The van der Waals surface area contributed by atoms with Crippen molar-refractivity contribution in [3.63, 3.8) is 0 Å². The molecule has 1 N–H and O–H groups in total. The van der Waals surface area contributed by atoms with Gasteiger partial charge in [0.15, 0.2) is 0 Å². The first-order valence-corrected chi connectivity index (χ1v) is 9.02. The molecule has 1 unspecified atom stereocenters. The molecule has 0 saturated carbocycles. The molecule has 0 fully saturated rings. The first-order valence-electron chi connectivity index (χ1n) is 7.85. The van der Waals surface area contributed by atoms with Crippen LogP contribution in [-0.4, -0.2) is 17.9 Å². The van der Waals surface area contributed by atoms with Gasteiger partial charge in [0.2, 0.25) is 0 Å². The predicted molar refractivity (Wildman–Crippen MR) is 101 cm³/mol. The zero-order chi connectivity index (χ0) is 18.4. The number of hydrogen-bond acceptors (Lipinski definition) is 3. The number of amides is 1. The molecule has 0 aliphatic rings. The van der Waals surface area contributed by atoms with Crippen molar-refractivity contribution in [2.24, 2.45) is 5.92 Å². The maximum Gasteiger partial charge on any atom is 0.329 e. The van der Waals surface area contributed by atoms with E-state index in [9.17, 15) is 9.59 Å². The van der Waals surface area contributed by atoms with Crippen LogP contribution in [0.1, 0.15) is 29.8 Å². The molecule has 1 atom stereocenters. The van der Waals surface area contributed by atoms with Gasteiger partial charge < -0.3 is 10.1 Å². The van der Waals surface area contributed by atoms with Crippen molar-refractivity contribution in [3.8, 4) is 0 Å². The fourth-order valence-electron chi connectivity index (χ4n) is 2.19. The Morgan fingerprint density at radius 1 is 1.12 bits per heavy atom. The molecule has 2 aromatic rings. The minimum Gasteiger partial charge on any atom is -0.459 e. The van der Waals surface area contributed by atoms with Gasteiger partial charge in [-0.2, -0.15) is 0 Å². The van der Waals surface area contributed by atoms with E-state index in [1.54, 1.807) is 24.3 Å². The van der Waals surface area contributed by atoms with E-state index in [4.69, 9.17) is 16.3 Å². The molecule has 4 nitrogen and oxygen atoms in total. The highest BCUT2D eigenvalue weighted by Gasteiger charge is 2.26. The lowest BCUT2D eigenvalue weighted by Gasteiger charge is -2.21. The van der Waals surface area contributed by atoms with Gasteiger partial charge in [0.1, 0.15) is 12.6 Å². The molecular formula is C19H19BrClNO3. The summed E-state index contributed by atoms with van der Waals surface area (Å²) in [6.07, 6.45) is 0. The first-order chi connectivity index (χ1) is 11.9. The van der Waals surface area contributed by atoms with Crippen LogP contribution in [0, 0.1) is 5.92 Å². The van der Waals surface area contributed by atoms with E-state index >= 15 is 0 Å². The number of halogens is 2. The summed E-state index contributed by atoms with van der Waals surface area (Å²) >= 11 is 9.39. The van der Waals surface area contributed by atoms with E-state index in [1.807, 2.05) is 38.1 Å². The standard InChI is InChI=1S/C19H19BrClNO3/c1-12(2)17(22-18(23)15-5-3-4-6-16(15)21)19(24)25-11-13-7-9-14(20)10-8-13/h3-10,12,17H,11H2,1-2H3,(H,22,23). The minimum absolute atomic E-state index is 0.121. The summed E-state index contributed by atoms with van der Waals surface area (Å²) in [6, 6.07) is 13.4. The Morgan fingerprint density at radius 3 is 2.36 bits per heavy atom. The van der Waals surface area contributed by atoms with Gasteiger partial charge in [0, 0.05) is 4.47 Å². The average molecular weight is 425 g/mol. The zero-order valence-electron chi connectivity index (χ0n) is 14.0. The maximum absolute atomic E-state index is 12.4. The first kappa shape index (κ1) is 19.5. The fourth-order valence-corrected chi connectivity index (χ4v) is 2.67. The van der Waals surface area contributed by atoms with Crippen LogP contribution < -0.4 is 5.32 Å². The summed E-state index contributed by atoms with van der Waals surface area (Å²) in [4.78, 5) is 24.8. The molecule has 1 amide bonds. The van der Waals surface area contributed by atoms with Gasteiger partial charge in [-0.05, 0) is 35.7 Å². The molecule has 2 rings (SSSR count). The largest absolute Gasteiger partial charge is 0.459 e. The number of ether oxygens (including phenoxy) is 1. The molecule has 0 radical (unpaired) electrons. The van der Waals surface area contributed by atoms with Crippen molar-refractivity contribution in [1.29, 1.82) is 0 Å². The summed E-state index contributed by atoms with van der Waals surface area (Å²) in [6.45, 7) is 3.84. The number of hydrogen-bond donors (Lipinski definition) is 1.